The fourth-order valence-corrected chi connectivity index (χ4v) is 3.14. The van der Waals surface area contributed by atoms with Crippen molar-refractivity contribution in [3.63, 3.8) is 0 Å². The molecule has 0 radical (unpaired) electrons. The average Bonchev–Trinajstić information content (AvgIpc) is 3.05. The predicted molar refractivity (Wildman–Crippen MR) is 63.7 cm³/mol. The third-order valence-corrected chi connectivity index (χ3v) is 3.92. The molecule has 3 aliphatic heterocycles. The SMILES string of the molecule is O=C1[C@@H]2[C@H](C(=O)N1c1ccccc1)[C@H]1C=C[C@@H]2O1. The predicted octanol–water partition coefficient (Wildman–Crippen LogP) is 1.13. The van der Waals surface area contributed by atoms with E-state index < -0.39 is 0 Å². The summed E-state index contributed by atoms with van der Waals surface area (Å²) in [6, 6.07) is 9.09. The van der Waals surface area contributed by atoms with Gasteiger partial charge in [-0.15, -0.1) is 0 Å². The molecule has 2 fully saturated rings. The number of nitrogens with zero attached hydrogens (tertiary/aromatic N) is 1. The minimum atomic E-state index is -0.326. The van der Waals surface area contributed by atoms with Crippen LogP contribution in [-0.4, -0.2) is 24.0 Å². The maximum atomic E-state index is 12.4. The van der Waals surface area contributed by atoms with Gasteiger partial charge >= 0.3 is 0 Å². The van der Waals surface area contributed by atoms with Crippen LogP contribution in [0.5, 0.6) is 0 Å². The second-order valence-corrected chi connectivity index (χ2v) is 4.85. The van der Waals surface area contributed by atoms with Crippen LogP contribution in [0.1, 0.15) is 0 Å². The molecule has 0 spiro atoms. The zero-order chi connectivity index (χ0) is 12.3. The monoisotopic (exact) mass is 241 g/mol. The molecule has 3 heterocycles. The van der Waals surface area contributed by atoms with E-state index in [0.717, 1.165) is 0 Å². The number of amides is 2. The van der Waals surface area contributed by atoms with Crippen LogP contribution in [0.2, 0.25) is 0 Å². The van der Waals surface area contributed by atoms with Gasteiger partial charge < -0.3 is 4.74 Å². The van der Waals surface area contributed by atoms with Crippen LogP contribution < -0.4 is 4.90 Å². The number of carbonyl (C=O) groups excluding carboxylic acids is 2. The third-order valence-electron chi connectivity index (χ3n) is 3.92. The van der Waals surface area contributed by atoms with Gasteiger partial charge in [-0.1, -0.05) is 30.4 Å². The Balaban J connectivity index is 1.77. The van der Waals surface area contributed by atoms with Gasteiger partial charge in [-0.25, -0.2) is 4.90 Å². The fraction of sp³-hybridized carbons (Fsp3) is 0.286. The van der Waals surface area contributed by atoms with E-state index in [2.05, 4.69) is 0 Å². The normalized spacial score (nSPS) is 36.6. The van der Waals surface area contributed by atoms with Crippen LogP contribution in [-0.2, 0) is 14.3 Å². The molecule has 2 amide bonds. The summed E-state index contributed by atoms with van der Waals surface area (Å²) in [4.78, 5) is 26.1. The van der Waals surface area contributed by atoms with Crippen molar-refractivity contribution in [3.05, 3.63) is 42.5 Å². The first-order valence-electron chi connectivity index (χ1n) is 6.04. The first-order valence-corrected chi connectivity index (χ1v) is 6.04. The highest BCUT2D eigenvalue weighted by Gasteiger charge is 2.60. The number of carbonyl (C=O) groups is 2. The van der Waals surface area contributed by atoms with Crippen LogP contribution in [0.15, 0.2) is 42.5 Å². The maximum Gasteiger partial charge on any atom is 0.240 e. The minimum absolute atomic E-state index is 0.131. The molecule has 0 aliphatic carbocycles. The molecule has 4 heteroatoms. The van der Waals surface area contributed by atoms with Gasteiger partial charge in [0.25, 0.3) is 0 Å². The maximum absolute atomic E-state index is 12.4. The standard InChI is InChI=1S/C14H11NO3/c16-13-11-9-6-7-10(18-9)12(11)14(17)15(13)8-4-2-1-3-5-8/h1-7,9-12H/t9-,10+,11-,12+. The zero-order valence-electron chi connectivity index (χ0n) is 9.52. The minimum Gasteiger partial charge on any atom is -0.365 e. The molecule has 18 heavy (non-hydrogen) atoms. The summed E-state index contributed by atoms with van der Waals surface area (Å²) in [5.41, 5.74) is 0.654. The third kappa shape index (κ3) is 1.08. The van der Waals surface area contributed by atoms with Gasteiger partial charge in [-0.05, 0) is 12.1 Å². The van der Waals surface area contributed by atoms with E-state index >= 15 is 0 Å². The Morgan fingerprint density at radius 3 is 2.00 bits per heavy atom. The second kappa shape index (κ2) is 3.29. The molecular weight excluding hydrogens is 230 g/mol. The molecular formula is C14H11NO3. The van der Waals surface area contributed by atoms with E-state index in [1.165, 1.54) is 4.90 Å². The van der Waals surface area contributed by atoms with Gasteiger partial charge in [0.05, 0.1) is 29.7 Å². The number of para-hydroxylation sites is 1. The highest BCUT2D eigenvalue weighted by atomic mass is 16.5. The molecule has 2 bridgehead atoms. The van der Waals surface area contributed by atoms with Crippen LogP contribution in [0.3, 0.4) is 0 Å². The molecule has 0 unspecified atom stereocenters. The van der Waals surface area contributed by atoms with E-state index in [0.29, 0.717) is 5.69 Å². The average molecular weight is 241 g/mol. The Morgan fingerprint density at radius 1 is 0.889 bits per heavy atom. The quantitative estimate of drug-likeness (QED) is 0.547. The van der Waals surface area contributed by atoms with Gasteiger partial charge in [-0.3, -0.25) is 9.59 Å². The molecule has 4 atom stereocenters. The van der Waals surface area contributed by atoms with Crippen molar-refractivity contribution in [2.75, 3.05) is 4.90 Å². The van der Waals surface area contributed by atoms with E-state index in [4.69, 9.17) is 4.74 Å². The van der Waals surface area contributed by atoms with Crippen molar-refractivity contribution in [1.29, 1.82) is 0 Å². The van der Waals surface area contributed by atoms with E-state index in [1.807, 2.05) is 30.4 Å². The largest absolute Gasteiger partial charge is 0.365 e. The Kier molecular flexibility index (Phi) is 1.84. The molecule has 4 rings (SSSR count). The second-order valence-electron chi connectivity index (χ2n) is 4.85. The van der Waals surface area contributed by atoms with Gasteiger partial charge in [0.1, 0.15) is 0 Å². The van der Waals surface area contributed by atoms with Crippen molar-refractivity contribution in [3.8, 4) is 0 Å². The first kappa shape index (κ1) is 10.0. The van der Waals surface area contributed by atoms with Crippen LogP contribution in [0, 0.1) is 11.8 Å². The lowest BCUT2D eigenvalue weighted by molar-refractivity contribution is -0.124. The molecule has 0 N–H and O–H groups in total. The Labute approximate surface area is 104 Å². The summed E-state index contributed by atoms with van der Waals surface area (Å²) in [6.07, 6.45) is 3.35. The molecule has 0 aromatic heterocycles. The summed E-state index contributed by atoms with van der Waals surface area (Å²) in [5.74, 6) is -0.915. The number of ether oxygens (including phenoxy) is 1. The Bertz CT molecular complexity index is 536. The van der Waals surface area contributed by atoms with Crippen LogP contribution >= 0.6 is 0 Å². The zero-order valence-corrected chi connectivity index (χ0v) is 9.52. The van der Waals surface area contributed by atoms with E-state index in [9.17, 15) is 9.59 Å². The Hall–Kier alpha value is -1.94. The number of rotatable bonds is 1. The van der Waals surface area contributed by atoms with Crippen LogP contribution in [0.4, 0.5) is 5.69 Å². The molecule has 0 saturated carbocycles. The summed E-state index contributed by atoms with van der Waals surface area (Å²) in [5, 5.41) is 0. The van der Waals surface area contributed by atoms with Crippen molar-refractivity contribution in [1.82, 2.24) is 0 Å². The lowest BCUT2D eigenvalue weighted by Gasteiger charge is -2.17. The highest BCUT2D eigenvalue weighted by Crippen LogP contribution is 2.46. The lowest BCUT2D eigenvalue weighted by Crippen LogP contribution is -2.34. The van der Waals surface area contributed by atoms with Gasteiger partial charge in [0, 0.05) is 0 Å². The number of hydrogen-bond donors (Lipinski definition) is 0. The first-order chi connectivity index (χ1) is 8.77. The van der Waals surface area contributed by atoms with Crippen molar-refractivity contribution in [2.45, 2.75) is 12.2 Å². The number of imide groups is 1. The number of benzene rings is 1. The highest BCUT2D eigenvalue weighted by molar-refractivity contribution is 6.23. The molecule has 4 nitrogen and oxygen atoms in total. The van der Waals surface area contributed by atoms with Gasteiger partial charge in [0.15, 0.2) is 0 Å². The number of hydrogen-bond acceptors (Lipinski definition) is 3. The molecule has 1 aromatic carbocycles. The molecule has 3 aliphatic rings. The number of fused-ring (bicyclic) bond motifs is 5. The summed E-state index contributed by atoms with van der Waals surface area (Å²) < 4.78 is 5.58. The van der Waals surface area contributed by atoms with Gasteiger partial charge in [0.2, 0.25) is 11.8 Å². The molecule has 2 saturated heterocycles. The fourth-order valence-electron chi connectivity index (χ4n) is 3.14. The van der Waals surface area contributed by atoms with Crippen molar-refractivity contribution in [2.24, 2.45) is 11.8 Å². The molecule has 90 valence electrons. The van der Waals surface area contributed by atoms with Gasteiger partial charge in [-0.2, -0.15) is 0 Å². The lowest BCUT2D eigenvalue weighted by atomic mass is 9.85. The summed E-state index contributed by atoms with van der Waals surface area (Å²) in [7, 11) is 0. The van der Waals surface area contributed by atoms with Crippen molar-refractivity contribution >= 4 is 17.5 Å². The van der Waals surface area contributed by atoms with E-state index in [-0.39, 0.29) is 35.9 Å². The summed E-state index contributed by atoms with van der Waals surface area (Å²) >= 11 is 0. The topological polar surface area (TPSA) is 46.6 Å². The smallest absolute Gasteiger partial charge is 0.240 e. The number of anilines is 1. The Morgan fingerprint density at radius 2 is 1.44 bits per heavy atom. The van der Waals surface area contributed by atoms with Crippen molar-refractivity contribution < 1.29 is 14.3 Å². The molecule has 1 aromatic rings. The van der Waals surface area contributed by atoms with E-state index in [1.54, 1.807) is 12.1 Å². The summed E-state index contributed by atoms with van der Waals surface area (Å²) in [6.45, 7) is 0. The van der Waals surface area contributed by atoms with Crippen LogP contribution in [0.25, 0.3) is 0 Å².